The van der Waals surface area contributed by atoms with Crippen molar-refractivity contribution in [3.05, 3.63) is 212 Å². The Morgan fingerprint density at radius 2 is 0.736 bits per heavy atom. The van der Waals surface area contributed by atoms with E-state index in [-0.39, 0.29) is 0 Å². The maximum atomic E-state index is 6.80. The highest BCUT2D eigenvalue weighted by Crippen LogP contribution is 2.42. The number of fused-ring (bicyclic) bond motifs is 2. The molecule has 0 amide bonds. The van der Waals surface area contributed by atoms with Gasteiger partial charge in [0.05, 0.1) is 0 Å². The predicted octanol–water partition coefficient (Wildman–Crippen LogP) is 13.8. The molecular formula is C50H37N3. The second kappa shape index (κ2) is 13.9. The van der Waals surface area contributed by atoms with Crippen LogP contribution in [-0.4, -0.2) is 0 Å². The molecule has 9 aromatic rings. The van der Waals surface area contributed by atoms with Gasteiger partial charge in [0.1, 0.15) is 0 Å². The molecule has 2 N–H and O–H groups in total. The average molecular weight is 680 g/mol. The van der Waals surface area contributed by atoms with Crippen LogP contribution in [-0.2, 0) is 0 Å². The topological polar surface area (TPSA) is 32.5 Å². The van der Waals surface area contributed by atoms with E-state index in [9.17, 15) is 0 Å². The SMILES string of the molecule is Nc1cccc2c(-c3ccc(N(c4ccccc4)c4ccccc4)cc3)ccc(-c3ccc4cc(N(c5ccccc5)c5ccccc5)ccc4c3)c12. The zero-order valence-electron chi connectivity index (χ0n) is 29.2. The minimum atomic E-state index is 0.770. The van der Waals surface area contributed by atoms with E-state index in [0.717, 1.165) is 72.8 Å². The highest BCUT2D eigenvalue weighted by atomic mass is 15.1. The molecule has 0 aliphatic rings. The lowest BCUT2D eigenvalue weighted by molar-refractivity contribution is 1.28. The molecule has 0 saturated carbocycles. The Bertz CT molecular complexity index is 2580. The van der Waals surface area contributed by atoms with Crippen molar-refractivity contribution in [1.29, 1.82) is 0 Å². The van der Waals surface area contributed by atoms with Crippen LogP contribution in [0, 0.1) is 0 Å². The van der Waals surface area contributed by atoms with Gasteiger partial charge in [0, 0.05) is 45.2 Å². The van der Waals surface area contributed by atoms with E-state index in [0.29, 0.717) is 0 Å². The maximum Gasteiger partial charge on any atom is 0.0468 e. The molecule has 0 atom stereocenters. The first kappa shape index (κ1) is 31.9. The van der Waals surface area contributed by atoms with Crippen molar-refractivity contribution in [1.82, 2.24) is 0 Å². The molecule has 0 spiro atoms. The van der Waals surface area contributed by atoms with Gasteiger partial charge < -0.3 is 15.5 Å². The van der Waals surface area contributed by atoms with Crippen LogP contribution < -0.4 is 15.5 Å². The van der Waals surface area contributed by atoms with Gasteiger partial charge in [-0.15, -0.1) is 0 Å². The van der Waals surface area contributed by atoms with Crippen LogP contribution in [0.4, 0.5) is 39.8 Å². The van der Waals surface area contributed by atoms with Gasteiger partial charge in [-0.1, -0.05) is 127 Å². The highest BCUT2D eigenvalue weighted by molar-refractivity contribution is 6.11. The summed E-state index contributed by atoms with van der Waals surface area (Å²) in [6, 6.07) is 75.0. The quantitative estimate of drug-likeness (QED) is 0.162. The Hall–Kier alpha value is -7.10. The summed E-state index contributed by atoms with van der Waals surface area (Å²) in [5.74, 6) is 0. The first-order valence-electron chi connectivity index (χ1n) is 18.0. The summed E-state index contributed by atoms with van der Waals surface area (Å²) in [7, 11) is 0. The molecule has 9 rings (SSSR count). The van der Waals surface area contributed by atoms with Crippen molar-refractivity contribution in [3.8, 4) is 22.3 Å². The molecular weight excluding hydrogens is 643 g/mol. The Morgan fingerprint density at radius 3 is 1.30 bits per heavy atom. The largest absolute Gasteiger partial charge is 0.398 e. The second-order valence-electron chi connectivity index (χ2n) is 13.2. The Kier molecular flexibility index (Phi) is 8.35. The van der Waals surface area contributed by atoms with E-state index >= 15 is 0 Å². The number of rotatable bonds is 8. The van der Waals surface area contributed by atoms with Gasteiger partial charge in [-0.2, -0.15) is 0 Å². The number of nitrogens with two attached hydrogens (primary N) is 1. The normalized spacial score (nSPS) is 11.1. The van der Waals surface area contributed by atoms with E-state index in [1.165, 1.54) is 10.8 Å². The highest BCUT2D eigenvalue weighted by Gasteiger charge is 2.16. The fourth-order valence-corrected chi connectivity index (χ4v) is 7.46. The molecule has 0 aliphatic heterocycles. The summed E-state index contributed by atoms with van der Waals surface area (Å²) in [6.45, 7) is 0. The van der Waals surface area contributed by atoms with E-state index in [2.05, 4.69) is 216 Å². The number of benzene rings is 9. The van der Waals surface area contributed by atoms with E-state index in [1.807, 2.05) is 6.07 Å². The molecule has 0 bridgehead atoms. The molecule has 0 saturated heterocycles. The van der Waals surface area contributed by atoms with E-state index in [1.54, 1.807) is 0 Å². The summed E-state index contributed by atoms with van der Waals surface area (Å²) in [4.78, 5) is 4.58. The third-order valence-corrected chi connectivity index (χ3v) is 9.96. The molecule has 0 fully saturated rings. The van der Waals surface area contributed by atoms with Gasteiger partial charge >= 0.3 is 0 Å². The number of hydrogen-bond donors (Lipinski definition) is 1. The number of para-hydroxylation sites is 4. The molecule has 53 heavy (non-hydrogen) atoms. The average Bonchev–Trinajstić information content (AvgIpc) is 3.22. The monoisotopic (exact) mass is 679 g/mol. The zero-order valence-corrected chi connectivity index (χ0v) is 29.2. The standard InChI is InChI=1S/C50H37N3/c51-49-23-13-22-48-46(36-26-29-44(30-27-36)52(40-14-5-1-6-15-40)41-16-7-2-8-17-41)32-33-47(50(48)49)39-25-24-38-35-45(31-28-37(38)34-39)53(42-18-9-3-10-19-42)43-20-11-4-12-21-43/h1-35H,51H2. The van der Waals surface area contributed by atoms with Crippen molar-refractivity contribution in [3.63, 3.8) is 0 Å². The molecule has 252 valence electrons. The van der Waals surface area contributed by atoms with Gasteiger partial charge in [0.15, 0.2) is 0 Å². The lowest BCUT2D eigenvalue weighted by atomic mass is 9.90. The molecule has 0 radical (unpaired) electrons. The Morgan fingerprint density at radius 1 is 0.302 bits per heavy atom. The van der Waals surface area contributed by atoms with Crippen LogP contribution in [0.2, 0.25) is 0 Å². The molecule has 0 unspecified atom stereocenters. The third-order valence-electron chi connectivity index (χ3n) is 9.96. The smallest absolute Gasteiger partial charge is 0.0468 e. The number of anilines is 7. The van der Waals surface area contributed by atoms with Crippen LogP contribution in [0.1, 0.15) is 0 Å². The summed E-state index contributed by atoms with van der Waals surface area (Å²) in [5.41, 5.74) is 18.8. The van der Waals surface area contributed by atoms with Gasteiger partial charge in [-0.3, -0.25) is 0 Å². The van der Waals surface area contributed by atoms with Gasteiger partial charge in [-0.25, -0.2) is 0 Å². The fourth-order valence-electron chi connectivity index (χ4n) is 7.46. The molecule has 0 aliphatic carbocycles. The lowest BCUT2D eigenvalue weighted by Crippen LogP contribution is -2.09. The minimum Gasteiger partial charge on any atom is -0.398 e. The second-order valence-corrected chi connectivity index (χ2v) is 13.2. The Balaban J connectivity index is 1.08. The summed E-state index contributed by atoms with van der Waals surface area (Å²) in [6.07, 6.45) is 0. The first-order chi connectivity index (χ1) is 26.2. The summed E-state index contributed by atoms with van der Waals surface area (Å²) in [5, 5.41) is 4.56. The van der Waals surface area contributed by atoms with Crippen LogP contribution in [0.25, 0.3) is 43.8 Å². The zero-order chi connectivity index (χ0) is 35.6. The van der Waals surface area contributed by atoms with E-state index in [4.69, 9.17) is 5.73 Å². The maximum absolute atomic E-state index is 6.80. The van der Waals surface area contributed by atoms with Crippen molar-refractivity contribution in [2.45, 2.75) is 0 Å². The van der Waals surface area contributed by atoms with Gasteiger partial charge in [-0.05, 0) is 123 Å². The van der Waals surface area contributed by atoms with Crippen molar-refractivity contribution >= 4 is 61.4 Å². The number of nitrogen functional groups attached to an aromatic ring is 1. The van der Waals surface area contributed by atoms with Crippen molar-refractivity contribution in [2.24, 2.45) is 0 Å². The van der Waals surface area contributed by atoms with Crippen molar-refractivity contribution < 1.29 is 0 Å². The molecule has 3 nitrogen and oxygen atoms in total. The third kappa shape index (κ3) is 6.15. The number of nitrogens with zero attached hydrogens (tertiary/aromatic N) is 2. The minimum absolute atomic E-state index is 0.770. The lowest BCUT2D eigenvalue weighted by Gasteiger charge is -2.25. The number of hydrogen-bond acceptors (Lipinski definition) is 3. The van der Waals surface area contributed by atoms with Gasteiger partial charge in [0.2, 0.25) is 0 Å². The Labute approximate surface area is 310 Å². The van der Waals surface area contributed by atoms with Crippen LogP contribution in [0.15, 0.2) is 212 Å². The van der Waals surface area contributed by atoms with Gasteiger partial charge in [0.25, 0.3) is 0 Å². The van der Waals surface area contributed by atoms with E-state index < -0.39 is 0 Å². The van der Waals surface area contributed by atoms with Crippen LogP contribution in [0.3, 0.4) is 0 Å². The molecule has 3 heteroatoms. The molecule has 0 aromatic heterocycles. The molecule has 9 aromatic carbocycles. The summed E-state index contributed by atoms with van der Waals surface area (Å²) < 4.78 is 0. The summed E-state index contributed by atoms with van der Waals surface area (Å²) >= 11 is 0. The van der Waals surface area contributed by atoms with Crippen molar-refractivity contribution in [2.75, 3.05) is 15.5 Å². The molecule has 0 heterocycles. The fraction of sp³-hybridized carbons (Fsp3) is 0. The van der Waals surface area contributed by atoms with Crippen LogP contribution in [0.5, 0.6) is 0 Å². The first-order valence-corrected chi connectivity index (χ1v) is 18.0. The van der Waals surface area contributed by atoms with Crippen LogP contribution >= 0.6 is 0 Å². The predicted molar refractivity (Wildman–Crippen MR) is 226 cm³/mol.